The van der Waals surface area contributed by atoms with Gasteiger partial charge in [0.15, 0.2) is 0 Å². The quantitative estimate of drug-likeness (QED) is 0.766. The van der Waals surface area contributed by atoms with Gasteiger partial charge in [-0.2, -0.15) is 0 Å². The smallest absolute Gasteiger partial charge is 0.0615 e. The van der Waals surface area contributed by atoms with Crippen LogP contribution in [0.5, 0.6) is 0 Å². The van der Waals surface area contributed by atoms with Gasteiger partial charge in [-0.05, 0) is 52.9 Å². The van der Waals surface area contributed by atoms with Crippen LogP contribution in [-0.2, 0) is 9.94 Å². The van der Waals surface area contributed by atoms with E-state index in [1.54, 1.807) is 0 Å². The van der Waals surface area contributed by atoms with Crippen molar-refractivity contribution in [2.45, 2.75) is 91.0 Å². The van der Waals surface area contributed by atoms with Crippen molar-refractivity contribution >= 4 is 0 Å². The third-order valence-corrected chi connectivity index (χ3v) is 4.54. The van der Waals surface area contributed by atoms with Crippen LogP contribution in [0, 0.1) is 5.92 Å². The first-order valence-corrected chi connectivity index (χ1v) is 7.25. The molecule has 0 aromatic carbocycles. The molecule has 0 bridgehead atoms. The molecule has 1 aliphatic heterocycles. The summed E-state index contributed by atoms with van der Waals surface area (Å²) in [7, 11) is 0. The molecule has 1 saturated heterocycles. The van der Waals surface area contributed by atoms with Gasteiger partial charge in [-0.3, -0.25) is 0 Å². The summed E-state index contributed by atoms with van der Waals surface area (Å²) in [4.78, 5) is 0. The van der Waals surface area contributed by atoms with Crippen LogP contribution in [0.15, 0.2) is 0 Å². The molecular weight excluding hydrogens is 226 g/mol. The normalized spacial score (nSPS) is 34.8. The molecule has 0 spiro atoms. The highest BCUT2D eigenvalue weighted by Gasteiger charge is 2.48. The molecule has 1 fully saturated rings. The lowest BCUT2D eigenvalue weighted by Crippen LogP contribution is -2.61. The van der Waals surface area contributed by atoms with Crippen LogP contribution in [0.25, 0.3) is 0 Å². The van der Waals surface area contributed by atoms with Gasteiger partial charge in [-0.15, -0.1) is 10.3 Å². The van der Waals surface area contributed by atoms with Crippen LogP contribution in [0.1, 0.15) is 67.7 Å². The number of ether oxygens (including phenoxy) is 1. The number of piperidine rings is 1. The maximum Gasteiger partial charge on any atom is 0.0615 e. The fourth-order valence-corrected chi connectivity index (χ4v) is 2.86. The standard InChI is InChI=1S/C15H30NO2/c1-8-15(7)10-13(18-12(4)11(2)3)9-14(5,6)16(15)17/h11-13H,8-10H2,1-7H3. The molecule has 1 heterocycles. The van der Waals surface area contributed by atoms with Gasteiger partial charge in [-0.1, -0.05) is 20.8 Å². The second-order valence-electron chi connectivity index (χ2n) is 7.07. The van der Waals surface area contributed by atoms with Gasteiger partial charge < -0.3 is 4.74 Å². The lowest BCUT2D eigenvalue weighted by atomic mass is 9.78. The van der Waals surface area contributed by atoms with Crippen molar-refractivity contribution in [2.24, 2.45) is 5.92 Å². The van der Waals surface area contributed by atoms with E-state index in [0.717, 1.165) is 19.3 Å². The van der Waals surface area contributed by atoms with E-state index in [2.05, 4.69) is 34.6 Å². The summed E-state index contributed by atoms with van der Waals surface area (Å²) in [6, 6.07) is 0. The largest absolute Gasteiger partial charge is 0.375 e. The molecule has 3 heteroatoms. The molecule has 3 unspecified atom stereocenters. The molecule has 1 aliphatic rings. The van der Waals surface area contributed by atoms with E-state index >= 15 is 0 Å². The molecule has 0 aliphatic carbocycles. The van der Waals surface area contributed by atoms with Crippen molar-refractivity contribution in [3.8, 4) is 0 Å². The Morgan fingerprint density at radius 1 is 1.22 bits per heavy atom. The number of nitrogens with zero attached hydrogens (tertiary/aromatic N) is 1. The first-order chi connectivity index (χ1) is 8.12. The molecule has 3 atom stereocenters. The number of rotatable bonds is 4. The van der Waals surface area contributed by atoms with E-state index < -0.39 is 0 Å². The molecule has 0 aromatic rings. The highest BCUT2D eigenvalue weighted by atomic mass is 16.5. The van der Waals surface area contributed by atoms with Gasteiger partial charge in [0.1, 0.15) is 0 Å². The Labute approximate surface area is 112 Å². The zero-order valence-corrected chi connectivity index (χ0v) is 13.1. The number of hydroxylamine groups is 2. The van der Waals surface area contributed by atoms with Crippen molar-refractivity contribution < 1.29 is 9.94 Å². The van der Waals surface area contributed by atoms with Crippen LogP contribution in [-0.4, -0.2) is 28.3 Å². The zero-order valence-electron chi connectivity index (χ0n) is 13.1. The fraction of sp³-hybridized carbons (Fsp3) is 1.00. The van der Waals surface area contributed by atoms with Crippen LogP contribution in [0.4, 0.5) is 0 Å². The Bertz CT molecular complexity index is 278. The molecule has 18 heavy (non-hydrogen) atoms. The maximum atomic E-state index is 12.4. The van der Waals surface area contributed by atoms with Gasteiger partial charge in [-0.25, -0.2) is 0 Å². The number of hydrogen-bond donors (Lipinski definition) is 0. The third kappa shape index (κ3) is 3.25. The lowest BCUT2D eigenvalue weighted by Gasteiger charge is -2.51. The summed E-state index contributed by atoms with van der Waals surface area (Å²) in [6.45, 7) is 14.7. The van der Waals surface area contributed by atoms with E-state index in [0.29, 0.717) is 5.92 Å². The predicted molar refractivity (Wildman–Crippen MR) is 73.7 cm³/mol. The Kier molecular flexibility index (Phi) is 4.85. The van der Waals surface area contributed by atoms with E-state index in [1.807, 2.05) is 13.8 Å². The van der Waals surface area contributed by atoms with Crippen molar-refractivity contribution in [1.29, 1.82) is 0 Å². The molecule has 0 amide bonds. The van der Waals surface area contributed by atoms with Gasteiger partial charge in [0.25, 0.3) is 0 Å². The van der Waals surface area contributed by atoms with Crippen molar-refractivity contribution in [2.75, 3.05) is 0 Å². The second kappa shape index (κ2) is 5.48. The Balaban J connectivity index is 2.79. The van der Waals surface area contributed by atoms with Crippen LogP contribution in [0.3, 0.4) is 0 Å². The summed E-state index contributed by atoms with van der Waals surface area (Å²) in [5.41, 5.74) is -0.618. The third-order valence-electron chi connectivity index (χ3n) is 4.54. The molecule has 0 aromatic heterocycles. The minimum Gasteiger partial charge on any atom is -0.375 e. The van der Waals surface area contributed by atoms with E-state index in [4.69, 9.17) is 4.74 Å². The topological polar surface area (TPSA) is 32.4 Å². The van der Waals surface area contributed by atoms with Crippen molar-refractivity contribution in [3.63, 3.8) is 0 Å². The first kappa shape index (κ1) is 15.9. The average molecular weight is 256 g/mol. The zero-order chi connectivity index (χ0) is 14.1. The monoisotopic (exact) mass is 256 g/mol. The van der Waals surface area contributed by atoms with E-state index in [-0.39, 0.29) is 23.3 Å². The Hall–Kier alpha value is -0.120. The minimum atomic E-state index is -0.329. The molecule has 1 radical (unpaired) electrons. The first-order valence-electron chi connectivity index (χ1n) is 7.25. The van der Waals surface area contributed by atoms with Gasteiger partial charge >= 0.3 is 0 Å². The highest BCUT2D eigenvalue weighted by Crippen LogP contribution is 2.40. The summed E-state index contributed by atoms with van der Waals surface area (Å²) >= 11 is 0. The second-order valence-corrected chi connectivity index (χ2v) is 7.07. The van der Waals surface area contributed by atoms with Crippen LogP contribution < -0.4 is 0 Å². The fourth-order valence-electron chi connectivity index (χ4n) is 2.86. The maximum absolute atomic E-state index is 12.4. The summed E-state index contributed by atoms with van der Waals surface area (Å²) < 4.78 is 6.17. The molecule has 107 valence electrons. The van der Waals surface area contributed by atoms with Crippen LogP contribution in [0.2, 0.25) is 0 Å². The molecule has 0 N–H and O–H groups in total. The molecule has 0 saturated carbocycles. The lowest BCUT2D eigenvalue weighted by molar-refractivity contribution is -0.308. The Morgan fingerprint density at radius 3 is 2.22 bits per heavy atom. The highest BCUT2D eigenvalue weighted by molar-refractivity contribution is 4.98. The molecular formula is C15H30NO2. The summed E-state index contributed by atoms with van der Waals surface area (Å²) in [5.74, 6) is 0.520. The SMILES string of the molecule is CCC1(C)CC(OC(C)C(C)C)CC(C)(C)N1[O]. The van der Waals surface area contributed by atoms with Gasteiger partial charge in [0.2, 0.25) is 0 Å². The van der Waals surface area contributed by atoms with Crippen molar-refractivity contribution in [3.05, 3.63) is 0 Å². The van der Waals surface area contributed by atoms with Gasteiger partial charge in [0, 0.05) is 11.1 Å². The average Bonchev–Trinajstić information content (AvgIpc) is 2.25. The van der Waals surface area contributed by atoms with Gasteiger partial charge in [0.05, 0.1) is 12.2 Å². The van der Waals surface area contributed by atoms with E-state index in [9.17, 15) is 5.21 Å². The number of hydrogen-bond acceptors (Lipinski definition) is 2. The minimum absolute atomic E-state index is 0.201. The Morgan fingerprint density at radius 2 is 1.78 bits per heavy atom. The predicted octanol–water partition coefficient (Wildman–Crippen LogP) is 3.80. The summed E-state index contributed by atoms with van der Waals surface area (Å²) in [5, 5.41) is 13.7. The van der Waals surface area contributed by atoms with E-state index in [1.165, 1.54) is 5.06 Å². The summed E-state index contributed by atoms with van der Waals surface area (Å²) in [6.07, 6.45) is 2.99. The molecule has 3 nitrogen and oxygen atoms in total. The van der Waals surface area contributed by atoms with Crippen molar-refractivity contribution in [1.82, 2.24) is 5.06 Å². The van der Waals surface area contributed by atoms with Crippen LogP contribution >= 0.6 is 0 Å². The molecule has 1 rings (SSSR count).